The van der Waals surface area contributed by atoms with Crippen LogP contribution in [0.3, 0.4) is 0 Å². The van der Waals surface area contributed by atoms with Gasteiger partial charge in [-0.05, 0) is 55.7 Å². The summed E-state index contributed by atoms with van der Waals surface area (Å²) in [6.07, 6.45) is 4.65. The Hall–Kier alpha value is -1.87. The first-order valence-corrected chi connectivity index (χ1v) is 7.48. The minimum absolute atomic E-state index is 0.0707. The third-order valence-corrected chi connectivity index (χ3v) is 3.95. The van der Waals surface area contributed by atoms with Gasteiger partial charge in [-0.3, -0.25) is 4.98 Å². The fourth-order valence-corrected chi connectivity index (χ4v) is 2.81. The van der Waals surface area contributed by atoms with E-state index < -0.39 is 0 Å². The van der Waals surface area contributed by atoms with E-state index in [1.807, 2.05) is 12.4 Å². The topological polar surface area (TPSA) is 34.1 Å². The van der Waals surface area contributed by atoms with Gasteiger partial charge in [-0.1, -0.05) is 12.1 Å². The number of ether oxygens (including phenoxy) is 1. The van der Waals surface area contributed by atoms with Crippen LogP contribution in [0.5, 0.6) is 5.75 Å². The summed E-state index contributed by atoms with van der Waals surface area (Å²) in [5.74, 6) is 1.03. The monoisotopic (exact) mass is 282 g/mol. The van der Waals surface area contributed by atoms with Gasteiger partial charge in [0.2, 0.25) is 0 Å². The van der Waals surface area contributed by atoms with Crippen molar-refractivity contribution < 1.29 is 4.74 Å². The summed E-state index contributed by atoms with van der Waals surface area (Å²) in [5.41, 5.74) is 3.81. The maximum atomic E-state index is 5.92. The lowest BCUT2D eigenvalue weighted by molar-refractivity contribution is 0.138. The first-order chi connectivity index (χ1) is 10.0. The quantitative estimate of drug-likeness (QED) is 0.929. The smallest absolute Gasteiger partial charge is 0.123 e. The third-order valence-electron chi connectivity index (χ3n) is 3.95. The number of benzene rings is 1. The van der Waals surface area contributed by atoms with Gasteiger partial charge in [-0.25, -0.2) is 0 Å². The minimum atomic E-state index is -0.0707. The Balaban J connectivity index is 1.65. The zero-order chi connectivity index (χ0) is 14.9. The van der Waals surface area contributed by atoms with E-state index in [0.717, 1.165) is 18.7 Å². The summed E-state index contributed by atoms with van der Waals surface area (Å²) >= 11 is 0. The van der Waals surface area contributed by atoms with Crippen LogP contribution in [0, 0.1) is 0 Å². The molecule has 1 aliphatic heterocycles. The molecular weight excluding hydrogens is 260 g/mol. The average molecular weight is 282 g/mol. The number of nitrogens with zero attached hydrogens (tertiary/aromatic N) is 1. The van der Waals surface area contributed by atoms with E-state index in [1.165, 1.54) is 16.7 Å². The number of nitrogens with one attached hydrogen (secondary N) is 1. The largest absolute Gasteiger partial charge is 0.487 e. The molecule has 110 valence electrons. The highest BCUT2D eigenvalue weighted by atomic mass is 16.5. The van der Waals surface area contributed by atoms with Gasteiger partial charge in [0, 0.05) is 31.4 Å². The molecule has 3 nitrogen and oxygen atoms in total. The lowest BCUT2D eigenvalue weighted by Crippen LogP contribution is -2.24. The van der Waals surface area contributed by atoms with E-state index in [4.69, 9.17) is 4.74 Å². The van der Waals surface area contributed by atoms with Crippen molar-refractivity contribution in [1.82, 2.24) is 10.3 Å². The average Bonchev–Trinajstić information content (AvgIpc) is 2.78. The molecular formula is C18H22N2O. The molecule has 1 N–H and O–H groups in total. The summed E-state index contributed by atoms with van der Waals surface area (Å²) < 4.78 is 5.92. The van der Waals surface area contributed by atoms with Crippen LogP contribution in [0.1, 0.15) is 43.5 Å². The van der Waals surface area contributed by atoms with Crippen LogP contribution in [0.4, 0.5) is 0 Å². The standard InChI is InChI=1S/C18H22N2O/c1-13(15-6-8-19-9-7-15)20-12-14-4-5-17-16(10-14)11-18(2,3)21-17/h4-10,13,20H,11-12H2,1-3H3/t13-/m1/s1. The predicted molar refractivity (Wildman–Crippen MR) is 84.3 cm³/mol. The highest BCUT2D eigenvalue weighted by molar-refractivity contribution is 5.41. The molecule has 0 spiro atoms. The van der Waals surface area contributed by atoms with Crippen molar-refractivity contribution in [3.63, 3.8) is 0 Å². The van der Waals surface area contributed by atoms with E-state index in [-0.39, 0.29) is 5.60 Å². The molecule has 0 saturated heterocycles. The molecule has 0 amide bonds. The fourth-order valence-electron chi connectivity index (χ4n) is 2.81. The van der Waals surface area contributed by atoms with Crippen LogP contribution in [0.25, 0.3) is 0 Å². The lowest BCUT2D eigenvalue weighted by atomic mass is 10.00. The third kappa shape index (κ3) is 3.24. The summed E-state index contributed by atoms with van der Waals surface area (Å²) in [6, 6.07) is 10.9. The van der Waals surface area contributed by atoms with Gasteiger partial charge < -0.3 is 10.1 Å². The Labute approximate surface area is 126 Å². The Bertz CT molecular complexity index is 622. The molecule has 21 heavy (non-hydrogen) atoms. The molecule has 1 aromatic carbocycles. The van der Waals surface area contributed by atoms with Crippen molar-refractivity contribution in [1.29, 1.82) is 0 Å². The van der Waals surface area contributed by atoms with Gasteiger partial charge in [-0.2, -0.15) is 0 Å². The normalized spacial score (nSPS) is 17.1. The van der Waals surface area contributed by atoms with Gasteiger partial charge in [0.15, 0.2) is 0 Å². The highest BCUT2D eigenvalue weighted by Crippen LogP contribution is 2.35. The minimum Gasteiger partial charge on any atom is -0.487 e. The SMILES string of the molecule is C[C@@H](NCc1ccc2c(c1)CC(C)(C)O2)c1ccncc1. The number of pyridine rings is 1. The first-order valence-electron chi connectivity index (χ1n) is 7.48. The van der Waals surface area contributed by atoms with Crippen molar-refractivity contribution in [2.75, 3.05) is 0 Å². The number of hydrogen-bond donors (Lipinski definition) is 1. The van der Waals surface area contributed by atoms with Crippen molar-refractivity contribution in [2.45, 2.75) is 45.4 Å². The number of rotatable bonds is 4. The van der Waals surface area contributed by atoms with E-state index in [1.54, 1.807) is 0 Å². The molecule has 0 saturated carbocycles. The molecule has 1 aromatic heterocycles. The van der Waals surface area contributed by atoms with Crippen molar-refractivity contribution >= 4 is 0 Å². The lowest BCUT2D eigenvalue weighted by Gasteiger charge is -2.16. The second-order valence-electron chi connectivity index (χ2n) is 6.36. The number of aromatic nitrogens is 1. The highest BCUT2D eigenvalue weighted by Gasteiger charge is 2.29. The molecule has 1 atom stereocenters. The number of fused-ring (bicyclic) bond motifs is 1. The molecule has 0 bridgehead atoms. The van der Waals surface area contributed by atoms with Gasteiger partial charge in [-0.15, -0.1) is 0 Å². The summed E-state index contributed by atoms with van der Waals surface area (Å²) in [6.45, 7) is 7.30. The van der Waals surface area contributed by atoms with Crippen LogP contribution in [0.2, 0.25) is 0 Å². The van der Waals surface area contributed by atoms with Crippen LogP contribution >= 0.6 is 0 Å². The Morgan fingerprint density at radius 2 is 2.00 bits per heavy atom. The van der Waals surface area contributed by atoms with E-state index in [0.29, 0.717) is 6.04 Å². The molecule has 3 rings (SSSR count). The molecule has 0 radical (unpaired) electrons. The Morgan fingerprint density at radius 1 is 1.24 bits per heavy atom. The molecule has 0 fully saturated rings. The zero-order valence-electron chi connectivity index (χ0n) is 12.9. The molecule has 3 heteroatoms. The second-order valence-corrected chi connectivity index (χ2v) is 6.36. The van der Waals surface area contributed by atoms with Crippen LogP contribution in [0.15, 0.2) is 42.7 Å². The van der Waals surface area contributed by atoms with Gasteiger partial charge in [0.1, 0.15) is 11.4 Å². The molecule has 1 aliphatic rings. The van der Waals surface area contributed by atoms with Crippen molar-refractivity contribution in [3.8, 4) is 5.75 Å². The number of hydrogen-bond acceptors (Lipinski definition) is 3. The Morgan fingerprint density at radius 3 is 2.76 bits per heavy atom. The van der Waals surface area contributed by atoms with E-state index in [9.17, 15) is 0 Å². The maximum Gasteiger partial charge on any atom is 0.123 e. The summed E-state index contributed by atoms with van der Waals surface area (Å²) in [4.78, 5) is 4.06. The fraction of sp³-hybridized carbons (Fsp3) is 0.389. The maximum absolute atomic E-state index is 5.92. The summed E-state index contributed by atoms with van der Waals surface area (Å²) in [5, 5.41) is 3.56. The van der Waals surface area contributed by atoms with Crippen LogP contribution in [-0.2, 0) is 13.0 Å². The predicted octanol–water partition coefficient (Wildman–Crippen LogP) is 3.65. The van der Waals surface area contributed by atoms with Gasteiger partial charge in [0.05, 0.1) is 0 Å². The van der Waals surface area contributed by atoms with Crippen molar-refractivity contribution in [2.24, 2.45) is 0 Å². The van der Waals surface area contributed by atoms with Gasteiger partial charge >= 0.3 is 0 Å². The molecule has 2 aromatic rings. The molecule has 2 heterocycles. The first kappa shape index (κ1) is 14.1. The van der Waals surface area contributed by atoms with E-state index in [2.05, 4.69) is 61.4 Å². The zero-order valence-corrected chi connectivity index (χ0v) is 12.9. The van der Waals surface area contributed by atoms with Crippen molar-refractivity contribution in [3.05, 3.63) is 59.4 Å². The second kappa shape index (κ2) is 5.49. The van der Waals surface area contributed by atoms with E-state index >= 15 is 0 Å². The molecule has 0 aliphatic carbocycles. The molecule has 0 unspecified atom stereocenters. The van der Waals surface area contributed by atoms with Gasteiger partial charge in [0.25, 0.3) is 0 Å². The van der Waals surface area contributed by atoms with Crippen LogP contribution in [-0.4, -0.2) is 10.6 Å². The summed E-state index contributed by atoms with van der Waals surface area (Å²) in [7, 11) is 0. The Kier molecular flexibility index (Phi) is 3.68. The van der Waals surface area contributed by atoms with Crippen LogP contribution < -0.4 is 10.1 Å².